The van der Waals surface area contributed by atoms with Crippen LogP contribution in [0.2, 0.25) is 0 Å². The molecule has 3 rings (SSSR count). The maximum Gasteiger partial charge on any atom is 0.264 e. The number of nitrogens with one attached hydrogen (secondary N) is 1. The number of nitrogens with zero attached hydrogens (tertiary/aromatic N) is 1. The molecule has 0 aromatic heterocycles. The molecule has 0 unspecified atom stereocenters. The molecule has 198 valence electrons. The van der Waals surface area contributed by atoms with Crippen LogP contribution in [0.4, 0.5) is 5.69 Å². The Kier molecular flexibility index (Phi) is 9.04. The van der Waals surface area contributed by atoms with E-state index >= 15 is 0 Å². The van der Waals surface area contributed by atoms with E-state index in [1.807, 2.05) is 58.0 Å². The number of hydrogen-bond acceptors (Lipinski definition) is 6. The monoisotopic (exact) mass is 526 g/mol. The van der Waals surface area contributed by atoms with Crippen molar-refractivity contribution < 1.29 is 27.4 Å². The molecule has 0 aliphatic rings. The number of hydrogen-bond donors (Lipinski definition) is 1. The number of benzene rings is 3. The lowest BCUT2D eigenvalue weighted by Crippen LogP contribution is -2.40. The maximum absolute atomic E-state index is 13.8. The van der Waals surface area contributed by atoms with E-state index in [9.17, 15) is 13.2 Å². The molecule has 1 N–H and O–H groups in total. The summed E-state index contributed by atoms with van der Waals surface area (Å²) < 4.78 is 45.0. The van der Waals surface area contributed by atoms with E-state index in [0.717, 1.165) is 21.0 Å². The summed E-state index contributed by atoms with van der Waals surface area (Å²) >= 11 is 0. The Morgan fingerprint density at radius 1 is 0.919 bits per heavy atom. The third-order valence-corrected chi connectivity index (χ3v) is 7.25. The van der Waals surface area contributed by atoms with Gasteiger partial charge >= 0.3 is 0 Å². The second-order valence-corrected chi connectivity index (χ2v) is 10.8. The van der Waals surface area contributed by atoms with Gasteiger partial charge in [0.05, 0.1) is 30.9 Å². The average Bonchev–Trinajstić information content (AvgIpc) is 2.84. The quantitative estimate of drug-likeness (QED) is 0.392. The van der Waals surface area contributed by atoms with Gasteiger partial charge in [-0.05, 0) is 80.8 Å². The van der Waals surface area contributed by atoms with Crippen LogP contribution in [0.3, 0.4) is 0 Å². The summed E-state index contributed by atoms with van der Waals surface area (Å²) in [5, 5.41) is 2.83. The number of anilines is 1. The van der Waals surface area contributed by atoms with Gasteiger partial charge in [0.1, 0.15) is 12.3 Å². The molecule has 0 saturated heterocycles. The Morgan fingerprint density at radius 3 is 2.22 bits per heavy atom. The highest BCUT2D eigenvalue weighted by Crippen LogP contribution is 2.32. The summed E-state index contributed by atoms with van der Waals surface area (Å²) in [5.41, 5.74) is 3.00. The lowest BCUT2D eigenvalue weighted by atomic mass is 10.1. The van der Waals surface area contributed by atoms with E-state index < -0.39 is 22.5 Å². The zero-order valence-electron chi connectivity index (χ0n) is 22.1. The summed E-state index contributed by atoms with van der Waals surface area (Å²) in [6.07, 6.45) is 0.0259. The first kappa shape index (κ1) is 27.9. The second kappa shape index (κ2) is 12.0. The summed E-state index contributed by atoms with van der Waals surface area (Å²) in [6, 6.07) is 17.2. The molecule has 8 nitrogen and oxygen atoms in total. The van der Waals surface area contributed by atoms with Crippen molar-refractivity contribution in [2.45, 2.75) is 45.2 Å². The van der Waals surface area contributed by atoms with Crippen molar-refractivity contribution in [2.75, 3.05) is 25.1 Å². The number of methoxy groups -OCH3 is 2. The van der Waals surface area contributed by atoms with Crippen molar-refractivity contribution in [3.8, 4) is 17.2 Å². The molecule has 3 aromatic carbocycles. The van der Waals surface area contributed by atoms with Crippen molar-refractivity contribution in [1.82, 2.24) is 5.32 Å². The number of sulfonamides is 1. The van der Waals surface area contributed by atoms with Gasteiger partial charge in [0.2, 0.25) is 5.91 Å². The van der Waals surface area contributed by atoms with Gasteiger partial charge in [-0.25, -0.2) is 8.42 Å². The first-order valence-electron chi connectivity index (χ1n) is 11.9. The summed E-state index contributed by atoms with van der Waals surface area (Å²) in [4.78, 5) is 13.0. The minimum absolute atomic E-state index is 0.0179. The van der Waals surface area contributed by atoms with Gasteiger partial charge in [0, 0.05) is 12.6 Å². The Morgan fingerprint density at radius 2 is 1.59 bits per heavy atom. The molecule has 0 atom stereocenters. The van der Waals surface area contributed by atoms with Crippen molar-refractivity contribution in [3.63, 3.8) is 0 Å². The van der Waals surface area contributed by atoms with E-state index in [1.165, 1.54) is 32.4 Å². The van der Waals surface area contributed by atoms with Crippen LogP contribution < -0.4 is 23.8 Å². The smallest absolute Gasteiger partial charge is 0.264 e. The Labute approximate surface area is 219 Å². The number of rotatable bonds is 11. The predicted octanol–water partition coefficient (Wildman–Crippen LogP) is 4.62. The first-order valence-corrected chi connectivity index (χ1v) is 13.3. The van der Waals surface area contributed by atoms with Gasteiger partial charge in [-0.1, -0.05) is 18.2 Å². The lowest BCUT2D eigenvalue weighted by molar-refractivity contribution is -0.119. The van der Waals surface area contributed by atoms with E-state index in [-0.39, 0.29) is 23.3 Å². The highest BCUT2D eigenvalue weighted by molar-refractivity contribution is 7.92. The largest absolute Gasteiger partial charge is 0.493 e. The highest BCUT2D eigenvalue weighted by atomic mass is 32.2. The third-order valence-electron chi connectivity index (χ3n) is 5.48. The molecule has 0 radical (unpaired) electrons. The van der Waals surface area contributed by atoms with Gasteiger partial charge in [0.25, 0.3) is 10.0 Å². The van der Waals surface area contributed by atoms with E-state index in [2.05, 4.69) is 5.32 Å². The van der Waals surface area contributed by atoms with Gasteiger partial charge < -0.3 is 19.5 Å². The van der Waals surface area contributed by atoms with E-state index in [0.29, 0.717) is 17.2 Å². The highest BCUT2D eigenvalue weighted by Gasteiger charge is 2.28. The molecule has 1 amide bonds. The van der Waals surface area contributed by atoms with Gasteiger partial charge in [-0.2, -0.15) is 0 Å². The second-order valence-electron chi connectivity index (χ2n) is 8.97. The summed E-state index contributed by atoms with van der Waals surface area (Å²) in [5.74, 6) is 0.936. The lowest BCUT2D eigenvalue weighted by Gasteiger charge is -2.25. The topological polar surface area (TPSA) is 94.2 Å². The normalized spacial score (nSPS) is 11.2. The van der Waals surface area contributed by atoms with Crippen molar-refractivity contribution in [3.05, 3.63) is 77.4 Å². The summed E-state index contributed by atoms with van der Waals surface area (Å²) in [7, 11) is -1.22. The zero-order chi connectivity index (χ0) is 27.2. The number of carbonyl (C=O) groups excluding carboxylic acids is 1. The Bertz CT molecular complexity index is 1330. The minimum Gasteiger partial charge on any atom is -0.493 e. The number of ether oxygens (including phenoxy) is 3. The van der Waals surface area contributed by atoms with Gasteiger partial charge in [0.15, 0.2) is 11.5 Å². The molecular formula is C28H34N2O6S. The fourth-order valence-corrected chi connectivity index (χ4v) is 5.32. The van der Waals surface area contributed by atoms with Crippen LogP contribution in [0.1, 0.15) is 30.5 Å². The standard InChI is InChI=1S/C28H34N2O6S/c1-19(2)36-24-9-7-8-22(15-24)17-29-28(31)18-30(23-13-20(3)12-21(4)14-23)37(32,33)25-10-11-26(34-5)27(16-25)35-6/h7-16,19H,17-18H2,1-6H3,(H,29,31). The van der Waals surface area contributed by atoms with Crippen LogP contribution in [0, 0.1) is 13.8 Å². The van der Waals surface area contributed by atoms with Crippen LogP contribution in [-0.4, -0.2) is 41.2 Å². The summed E-state index contributed by atoms with van der Waals surface area (Å²) in [6.45, 7) is 7.46. The molecule has 9 heteroatoms. The van der Waals surface area contributed by atoms with Crippen LogP contribution in [0.15, 0.2) is 65.6 Å². The predicted molar refractivity (Wildman–Crippen MR) is 144 cm³/mol. The number of aryl methyl sites for hydroxylation is 2. The molecule has 37 heavy (non-hydrogen) atoms. The van der Waals surface area contributed by atoms with Crippen molar-refractivity contribution in [2.24, 2.45) is 0 Å². The fourth-order valence-electron chi connectivity index (χ4n) is 3.90. The number of amides is 1. The molecule has 0 heterocycles. The molecule has 0 aliphatic heterocycles. The van der Waals surface area contributed by atoms with Crippen LogP contribution in [-0.2, 0) is 21.4 Å². The maximum atomic E-state index is 13.8. The van der Waals surface area contributed by atoms with Gasteiger partial charge in [-0.15, -0.1) is 0 Å². The SMILES string of the molecule is COc1ccc(S(=O)(=O)N(CC(=O)NCc2cccc(OC(C)C)c2)c2cc(C)cc(C)c2)cc1OC. The Hall–Kier alpha value is -3.72. The molecular weight excluding hydrogens is 492 g/mol. The van der Waals surface area contributed by atoms with Gasteiger partial charge in [-0.3, -0.25) is 9.10 Å². The molecule has 3 aromatic rings. The van der Waals surface area contributed by atoms with E-state index in [1.54, 1.807) is 12.1 Å². The first-order chi connectivity index (χ1) is 17.5. The van der Waals surface area contributed by atoms with E-state index in [4.69, 9.17) is 14.2 Å². The molecule has 0 saturated carbocycles. The van der Waals surface area contributed by atoms with Crippen molar-refractivity contribution >= 4 is 21.6 Å². The third kappa shape index (κ3) is 7.16. The molecule has 0 aliphatic carbocycles. The molecule has 0 bridgehead atoms. The average molecular weight is 527 g/mol. The zero-order valence-corrected chi connectivity index (χ0v) is 22.9. The van der Waals surface area contributed by atoms with Crippen LogP contribution >= 0.6 is 0 Å². The molecule has 0 spiro atoms. The fraction of sp³-hybridized carbons (Fsp3) is 0.321. The molecule has 0 fully saturated rings. The minimum atomic E-state index is -4.13. The number of carbonyl (C=O) groups is 1. The van der Waals surface area contributed by atoms with Crippen molar-refractivity contribution in [1.29, 1.82) is 0 Å². The van der Waals surface area contributed by atoms with Crippen LogP contribution in [0.5, 0.6) is 17.2 Å². The van der Waals surface area contributed by atoms with Crippen LogP contribution in [0.25, 0.3) is 0 Å². The Balaban J connectivity index is 1.90.